The third-order valence-electron chi connectivity index (χ3n) is 7.61. The van der Waals surface area contributed by atoms with Crippen molar-refractivity contribution in [1.82, 2.24) is 25.1 Å². The number of aromatic amines is 1. The highest BCUT2D eigenvalue weighted by molar-refractivity contribution is 5.79. The molecule has 5 rings (SSSR count). The Morgan fingerprint density at radius 1 is 1.10 bits per heavy atom. The van der Waals surface area contributed by atoms with Crippen LogP contribution >= 0.6 is 0 Å². The maximum atomic E-state index is 4.55. The Morgan fingerprint density at radius 2 is 1.95 bits per heavy atom. The summed E-state index contributed by atoms with van der Waals surface area (Å²) < 4.78 is 0. The van der Waals surface area contributed by atoms with Crippen LogP contribution in [0.4, 0.5) is 5.69 Å². The van der Waals surface area contributed by atoms with Crippen molar-refractivity contribution in [1.29, 1.82) is 0 Å². The fourth-order valence-electron chi connectivity index (χ4n) is 5.30. The number of anilines is 1. The van der Waals surface area contributed by atoms with E-state index in [0.29, 0.717) is 11.4 Å². The van der Waals surface area contributed by atoms with E-state index in [1.54, 1.807) is 12.4 Å². The lowest BCUT2D eigenvalue weighted by Crippen LogP contribution is -2.23. The molecule has 0 radical (unpaired) electrons. The summed E-state index contributed by atoms with van der Waals surface area (Å²) in [7, 11) is 0. The molecule has 198 valence electrons. The Bertz CT molecular complexity index is 1590. The van der Waals surface area contributed by atoms with Gasteiger partial charge in [-0.2, -0.15) is 5.10 Å². The number of aromatic nitrogens is 5. The van der Waals surface area contributed by atoms with Gasteiger partial charge in [-0.25, -0.2) is 0 Å². The van der Waals surface area contributed by atoms with Crippen LogP contribution in [-0.2, 0) is 6.42 Å². The smallest absolute Gasteiger partial charge is 0.115 e. The third-order valence-corrected chi connectivity index (χ3v) is 7.61. The van der Waals surface area contributed by atoms with Crippen molar-refractivity contribution >= 4 is 29.6 Å². The molecule has 4 heterocycles. The quantitative estimate of drug-likeness (QED) is 0.297. The molecule has 4 aromatic rings. The van der Waals surface area contributed by atoms with E-state index in [0.717, 1.165) is 56.6 Å². The second-order valence-electron chi connectivity index (χ2n) is 10.4. The Kier molecular flexibility index (Phi) is 8.11. The number of nitrogens with one attached hydrogen (secondary N) is 2. The zero-order valence-electron chi connectivity index (χ0n) is 22.9. The van der Waals surface area contributed by atoms with Crippen molar-refractivity contribution in [3.8, 4) is 11.3 Å². The van der Waals surface area contributed by atoms with Gasteiger partial charge < -0.3 is 5.32 Å². The van der Waals surface area contributed by atoms with E-state index >= 15 is 0 Å². The normalized spacial score (nSPS) is 14.9. The fourth-order valence-corrected chi connectivity index (χ4v) is 5.30. The maximum absolute atomic E-state index is 4.55. The van der Waals surface area contributed by atoms with Crippen LogP contribution in [0.5, 0.6) is 0 Å². The third kappa shape index (κ3) is 6.23. The number of hydrogen-bond donors (Lipinski definition) is 2. The van der Waals surface area contributed by atoms with Gasteiger partial charge in [-0.05, 0) is 78.8 Å². The van der Waals surface area contributed by atoms with Gasteiger partial charge in [-0.3, -0.25) is 20.1 Å². The minimum absolute atomic E-state index is 0.669. The summed E-state index contributed by atoms with van der Waals surface area (Å²) in [6.45, 7) is 12.7. The summed E-state index contributed by atoms with van der Waals surface area (Å²) >= 11 is 0. The average Bonchev–Trinajstić information content (AvgIpc) is 3.34. The number of allylic oxidation sites excluding steroid dienone is 2. The van der Waals surface area contributed by atoms with Crippen LogP contribution in [0.2, 0.25) is 0 Å². The summed E-state index contributed by atoms with van der Waals surface area (Å²) in [4.78, 5) is 13.3. The van der Waals surface area contributed by atoms with E-state index in [4.69, 9.17) is 0 Å². The molecule has 0 atom stereocenters. The summed E-state index contributed by atoms with van der Waals surface area (Å²) in [5.74, 6) is 0.795. The monoisotopic (exact) mass is 516 g/mol. The van der Waals surface area contributed by atoms with Crippen LogP contribution in [0.25, 0.3) is 35.2 Å². The topological polar surface area (TPSA) is 79.4 Å². The SMILES string of the molecule is C=C(Nc1ccnc(-c2cccnc2)c1C)c1n[nH]/c(=C/C=C(\C)c2cncc(CC3CCCCC3)c2)c1=C. The van der Waals surface area contributed by atoms with E-state index in [1.807, 2.05) is 49.8 Å². The summed E-state index contributed by atoms with van der Waals surface area (Å²) in [5, 5.41) is 12.7. The van der Waals surface area contributed by atoms with Crippen molar-refractivity contribution in [2.75, 3.05) is 5.32 Å². The highest BCUT2D eigenvalue weighted by atomic mass is 15.1. The van der Waals surface area contributed by atoms with Gasteiger partial charge in [0.2, 0.25) is 0 Å². The molecule has 0 amide bonds. The van der Waals surface area contributed by atoms with Gasteiger partial charge in [0.15, 0.2) is 0 Å². The van der Waals surface area contributed by atoms with E-state index < -0.39 is 0 Å². The highest BCUT2D eigenvalue weighted by Gasteiger charge is 2.14. The maximum Gasteiger partial charge on any atom is 0.115 e. The molecule has 1 saturated carbocycles. The average molecular weight is 517 g/mol. The minimum Gasteiger partial charge on any atom is -0.354 e. The molecule has 0 aromatic carbocycles. The van der Waals surface area contributed by atoms with Crippen molar-refractivity contribution in [2.24, 2.45) is 5.92 Å². The van der Waals surface area contributed by atoms with E-state index in [2.05, 4.69) is 62.7 Å². The van der Waals surface area contributed by atoms with Crippen molar-refractivity contribution < 1.29 is 0 Å². The number of pyridine rings is 3. The molecular formula is C33H36N6. The zero-order valence-corrected chi connectivity index (χ0v) is 22.9. The van der Waals surface area contributed by atoms with Crippen LogP contribution in [0.3, 0.4) is 0 Å². The first-order valence-electron chi connectivity index (χ1n) is 13.7. The molecule has 1 fully saturated rings. The molecule has 39 heavy (non-hydrogen) atoms. The Balaban J connectivity index is 1.32. The lowest BCUT2D eigenvalue weighted by Gasteiger charge is -2.21. The van der Waals surface area contributed by atoms with E-state index in [1.165, 1.54) is 37.7 Å². The van der Waals surface area contributed by atoms with Crippen LogP contribution < -0.4 is 15.9 Å². The predicted octanol–water partition coefficient (Wildman–Crippen LogP) is 6.07. The van der Waals surface area contributed by atoms with Crippen molar-refractivity contribution in [3.05, 3.63) is 101 Å². The molecule has 0 saturated heterocycles. The van der Waals surface area contributed by atoms with Crippen molar-refractivity contribution in [3.63, 3.8) is 0 Å². The van der Waals surface area contributed by atoms with Gasteiger partial charge >= 0.3 is 0 Å². The van der Waals surface area contributed by atoms with Crippen LogP contribution in [-0.4, -0.2) is 25.1 Å². The molecule has 0 aliphatic heterocycles. The second-order valence-corrected chi connectivity index (χ2v) is 10.4. The molecule has 4 aromatic heterocycles. The van der Waals surface area contributed by atoms with Gasteiger partial charge in [-0.15, -0.1) is 0 Å². The van der Waals surface area contributed by atoms with Crippen molar-refractivity contribution in [2.45, 2.75) is 52.4 Å². The molecule has 1 aliphatic carbocycles. The highest BCUT2D eigenvalue weighted by Crippen LogP contribution is 2.28. The van der Waals surface area contributed by atoms with E-state index in [9.17, 15) is 0 Å². The first-order valence-corrected chi connectivity index (χ1v) is 13.7. The fraction of sp³-hybridized carbons (Fsp3) is 0.273. The van der Waals surface area contributed by atoms with Crippen LogP contribution in [0.1, 0.15) is 61.4 Å². The van der Waals surface area contributed by atoms with Gasteiger partial charge in [-0.1, -0.05) is 51.3 Å². The molecule has 6 heteroatoms. The van der Waals surface area contributed by atoms with E-state index in [-0.39, 0.29) is 0 Å². The summed E-state index contributed by atoms with van der Waals surface area (Å²) in [5.41, 5.74) is 8.76. The van der Waals surface area contributed by atoms with Gasteiger partial charge in [0.1, 0.15) is 5.69 Å². The zero-order chi connectivity index (χ0) is 27.2. The lowest BCUT2D eigenvalue weighted by atomic mass is 9.85. The standard InChI is InChI=1S/C33H36N6/c1-22(29-18-27(19-35-21-29)17-26-9-6-5-7-10-26)12-13-31-24(3)32(39-38-31)25(4)37-30-14-16-36-33(23(30)2)28-11-8-15-34-20-28/h8,11-16,18-21,26,38H,3-7,9-10,17H2,1-2H3,(H,36,37)/b22-12+,31-13+. The molecule has 1 aliphatic rings. The molecule has 2 N–H and O–H groups in total. The Morgan fingerprint density at radius 3 is 2.74 bits per heavy atom. The number of nitrogens with zero attached hydrogens (tertiary/aromatic N) is 4. The minimum atomic E-state index is 0.669. The molecule has 0 unspecified atom stereocenters. The number of H-pyrrole nitrogens is 1. The largest absolute Gasteiger partial charge is 0.354 e. The summed E-state index contributed by atoms with van der Waals surface area (Å²) in [6.07, 6.45) is 21.4. The Labute approximate surface area is 230 Å². The number of rotatable bonds is 8. The van der Waals surface area contributed by atoms with Crippen LogP contribution in [0.15, 0.2) is 67.9 Å². The molecular weight excluding hydrogens is 480 g/mol. The first-order chi connectivity index (χ1) is 19.0. The first kappa shape index (κ1) is 26.3. The van der Waals surface area contributed by atoms with Crippen LogP contribution in [0, 0.1) is 12.8 Å². The second kappa shape index (κ2) is 12.0. The predicted molar refractivity (Wildman–Crippen MR) is 161 cm³/mol. The van der Waals surface area contributed by atoms with Gasteiger partial charge in [0.05, 0.1) is 16.7 Å². The molecule has 0 spiro atoms. The van der Waals surface area contributed by atoms with Gasteiger partial charge in [0.25, 0.3) is 0 Å². The number of hydrogen-bond acceptors (Lipinski definition) is 5. The van der Waals surface area contributed by atoms with Gasteiger partial charge in [0, 0.05) is 47.5 Å². The lowest BCUT2D eigenvalue weighted by molar-refractivity contribution is 0.356. The summed E-state index contributed by atoms with van der Waals surface area (Å²) in [6, 6.07) is 8.13. The molecule has 0 bridgehead atoms. The molecule has 6 nitrogen and oxygen atoms in total. The Hall–Kier alpha value is -4.32.